The first kappa shape index (κ1) is 14.5. The van der Waals surface area contributed by atoms with Gasteiger partial charge in [0, 0.05) is 6.04 Å². The quantitative estimate of drug-likeness (QED) is 0.738. The predicted molar refractivity (Wildman–Crippen MR) is 79.3 cm³/mol. The van der Waals surface area contributed by atoms with E-state index in [-0.39, 0.29) is 24.3 Å². The molecule has 1 aliphatic heterocycles. The van der Waals surface area contributed by atoms with Gasteiger partial charge in [-0.25, -0.2) is 0 Å². The van der Waals surface area contributed by atoms with Gasteiger partial charge < -0.3 is 16.4 Å². The van der Waals surface area contributed by atoms with E-state index in [2.05, 4.69) is 24.5 Å². The van der Waals surface area contributed by atoms with Crippen LogP contribution in [0.3, 0.4) is 0 Å². The molecule has 1 aromatic rings. The van der Waals surface area contributed by atoms with Crippen molar-refractivity contribution in [3.8, 4) is 0 Å². The lowest BCUT2D eigenvalue weighted by molar-refractivity contribution is -0.123. The number of rotatable bonds is 4. The van der Waals surface area contributed by atoms with Crippen molar-refractivity contribution in [3.05, 3.63) is 23.8 Å². The maximum Gasteiger partial charge on any atom is 0.233 e. The fourth-order valence-electron chi connectivity index (χ4n) is 2.22. The average Bonchev–Trinajstić information content (AvgIpc) is 2.51. The summed E-state index contributed by atoms with van der Waals surface area (Å²) in [4.78, 5) is 23.0. The van der Waals surface area contributed by atoms with E-state index in [9.17, 15) is 9.59 Å². The number of amides is 2. The molecule has 1 unspecified atom stereocenters. The highest BCUT2D eigenvalue weighted by atomic mass is 16.2. The molecule has 1 aromatic carbocycles. The zero-order valence-corrected chi connectivity index (χ0v) is 11.9. The highest BCUT2D eigenvalue weighted by molar-refractivity contribution is 6.13. The van der Waals surface area contributed by atoms with E-state index in [1.165, 1.54) is 0 Å². The first-order valence-electron chi connectivity index (χ1n) is 6.95. The summed E-state index contributed by atoms with van der Waals surface area (Å²) < 4.78 is 0. The molecule has 108 valence electrons. The molecule has 5 nitrogen and oxygen atoms in total. The van der Waals surface area contributed by atoms with Crippen LogP contribution in [0.2, 0.25) is 0 Å². The van der Waals surface area contributed by atoms with Crippen molar-refractivity contribution in [1.82, 2.24) is 0 Å². The number of nitrogens with two attached hydrogens (primary N) is 1. The Labute approximate surface area is 118 Å². The van der Waals surface area contributed by atoms with Crippen molar-refractivity contribution in [3.63, 3.8) is 0 Å². The van der Waals surface area contributed by atoms with Gasteiger partial charge in [0.15, 0.2) is 0 Å². The van der Waals surface area contributed by atoms with Crippen LogP contribution in [0.4, 0.5) is 11.4 Å². The summed E-state index contributed by atoms with van der Waals surface area (Å²) in [5, 5.41) is 5.44. The molecule has 1 aliphatic rings. The maximum atomic E-state index is 11.5. The fourth-order valence-corrected chi connectivity index (χ4v) is 2.22. The Balaban J connectivity index is 2.18. The first-order chi connectivity index (χ1) is 9.45. The van der Waals surface area contributed by atoms with Crippen LogP contribution in [-0.4, -0.2) is 11.8 Å². The molecular weight excluding hydrogens is 254 g/mol. The van der Waals surface area contributed by atoms with Crippen LogP contribution in [0.15, 0.2) is 18.2 Å². The Morgan fingerprint density at radius 2 is 1.75 bits per heavy atom. The van der Waals surface area contributed by atoms with Crippen LogP contribution in [0.5, 0.6) is 0 Å². The Hall–Kier alpha value is -1.88. The predicted octanol–water partition coefficient (Wildman–Crippen LogP) is 2.40. The van der Waals surface area contributed by atoms with E-state index in [4.69, 9.17) is 5.73 Å². The lowest BCUT2D eigenvalue weighted by Gasteiger charge is -2.16. The Morgan fingerprint density at radius 1 is 1.10 bits per heavy atom. The number of carbonyl (C=O) groups excluding carboxylic acids is 2. The summed E-state index contributed by atoms with van der Waals surface area (Å²) in [6.45, 7) is 4.33. The van der Waals surface area contributed by atoms with Crippen molar-refractivity contribution in [2.45, 2.75) is 39.2 Å². The molecule has 5 heteroatoms. The lowest BCUT2D eigenvalue weighted by atomic mass is 9.97. The summed E-state index contributed by atoms with van der Waals surface area (Å²) in [5.41, 5.74) is 8.40. The van der Waals surface area contributed by atoms with Gasteiger partial charge in [0.1, 0.15) is 6.42 Å². The SMILES string of the molecule is CC(C)CCC(N)c1ccc2c(c1)NC(=O)CC(=O)N2. The number of anilines is 2. The molecule has 0 aromatic heterocycles. The van der Waals surface area contributed by atoms with Gasteiger partial charge in [-0.3, -0.25) is 9.59 Å². The zero-order chi connectivity index (χ0) is 14.7. The average molecular weight is 275 g/mol. The molecule has 0 saturated heterocycles. The number of hydrogen-bond donors (Lipinski definition) is 3. The van der Waals surface area contributed by atoms with E-state index >= 15 is 0 Å². The zero-order valence-electron chi connectivity index (χ0n) is 11.9. The monoisotopic (exact) mass is 275 g/mol. The maximum absolute atomic E-state index is 11.5. The number of hydrogen-bond acceptors (Lipinski definition) is 3. The van der Waals surface area contributed by atoms with Crippen LogP contribution in [0.1, 0.15) is 44.7 Å². The largest absolute Gasteiger partial charge is 0.324 e. The second-order valence-corrected chi connectivity index (χ2v) is 5.66. The molecule has 1 heterocycles. The summed E-state index contributed by atoms with van der Waals surface area (Å²) in [6, 6.07) is 5.49. The van der Waals surface area contributed by atoms with E-state index in [0.717, 1.165) is 18.4 Å². The molecule has 0 aliphatic carbocycles. The third kappa shape index (κ3) is 3.57. The fraction of sp³-hybridized carbons (Fsp3) is 0.467. The van der Waals surface area contributed by atoms with Crippen molar-refractivity contribution >= 4 is 23.2 Å². The van der Waals surface area contributed by atoms with Gasteiger partial charge in [-0.1, -0.05) is 19.9 Å². The molecule has 20 heavy (non-hydrogen) atoms. The molecule has 0 spiro atoms. The van der Waals surface area contributed by atoms with Gasteiger partial charge in [-0.05, 0) is 36.5 Å². The minimum Gasteiger partial charge on any atom is -0.324 e. The van der Waals surface area contributed by atoms with Crippen LogP contribution in [-0.2, 0) is 9.59 Å². The number of benzene rings is 1. The molecule has 2 amide bonds. The van der Waals surface area contributed by atoms with Gasteiger partial charge in [-0.2, -0.15) is 0 Å². The first-order valence-corrected chi connectivity index (χ1v) is 6.95. The summed E-state index contributed by atoms with van der Waals surface area (Å²) in [6.07, 6.45) is 1.81. The van der Waals surface area contributed by atoms with Crippen molar-refractivity contribution in [1.29, 1.82) is 0 Å². The highest BCUT2D eigenvalue weighted by Gasteiger charge is 2.19. The normalized spacial score (nSPS) is 16.2. The number of nitrogens with one attached hydrogen (secondary N) is 2. The van der Waals surface area contributed by atoms with Gasteiger partial charge in [0.05, 0.1) is 11.4 Å². The molecule has 0 saturated carbocycles. The Bertz CT molecular complexity index is 526. The minimum atomic E-state index is -0.297. The van der Waals surface area contributed by atoms with Crippen molar-refractivity contribution in [2.24, 2.45) is 11.7 Å². The summed E-state index contributed by atoms with van der Waals surface area (Å²) >= 11 is 0. The van der Waals surface area contributed by atoms with Crippen LogP contribution >= 0.6 is 0 Å². The molecule has 0 bridgehead atoms. The molecule has 4 N–H and O–H groups in total. The molecule has 0 fully saturated rings. The number of carbonyl (C=O) groups is 2. The molecule has 1 atom stereocenters. The van der Waals surface area contributed by atoms with Crippen LogP contribution < -0.4 is 16.4 Å². The van der Waals surface area contributed by atoms with Crippen LogP contribution in [0.25, 0.3) is 0 Å². The molecule has 0 radical (unpaired) electrons. The van der Waals surface area contributed by atoms with Gasteiger partial charge in [-0.15, -0.1) is 0 Å². The Morgan fingerprint density at radius 3 is 2.40 bits per heavy atom. The van der Waals surface area contributed by atoms with Gasteiger partial charge >= 0.3 is 0 Å². The second kappa shape index (κ2) is 6.05. The van der Waals surface area contributed by atoms with Gasteiger partial charge in [0.2, 0.25) is 11.8 Å². The van der Waals surface area contributed by atoms with Crippen molar-refractivity contribution in [2.75, 3.05) is 10.6 Å². The molecular formula is C15H21N3O2. The van der Waals surface area contributed by atoms with E-state index in [0.29, 0.717) is 17.3 Å². The minimum absolute atomic E-state index is 0.0569. The third-order valence-corrected chi connectivity index (χ3v) is 3.40. The van der Waals surface area contributed by atoms with E-state index in [1.807, 2.05) is 12.1 Å². The topological polar surface area (TPSA) is 84.2 Å². The van der Waals surface area contributed by atoms with Crippen LogP contribution in [0, 0.1) is 5.92 Å². The summed E-state index contributed by atoms with van der Waals surface area (Å²) in [5.74, 6) is 0.0214. The number of fused-ring (bicyclic) bond motifs is 1. The summed E-state index contributed by atoms with van der Waals surface area (Å²) in [7, 11) is 0. The van der Waals surface area contributed by atoms with Crippen molar-refractivity contribution < 1.29 is 9.59 Å². The molecule has 2 rings (SSSR count). The second-order valence-electron chi connectivity index (χ2n) is 5.66. The lowest BCUT2D eigenvalue weighted by Crippen LogP contribution is -2.16. The van der Waals surface area contributed by atoms with E-state index < -0.39 is 0 Å². The van der Waals surface area contributed by atoms with E-state index in [1.54, 1.807) is 6.07 Å². The highest BCUT2D eigenvalue weighted by Crippen LogP contribution is 2.29. The standard InChI is InChI=1S/C15H21N3O2/c1-9(2)3-5-11(16)10-4-6-12-13(7-10)18-15(20)8-14(19)17-12/h4,6-7,9,11H,3,5,8,16H2,1-2H3,(H,17,19)(H,18,20). The Kier molecular flexibility index (Phi) is 4.39. The van der Waals surface area contributed by atoms with Gasteiger partial charge in [0.25, 0.3) is 0 Å². The third-order valence-electron chi connectivity index (χ3n) is 3.40. The smallest absolute Gasteiger partial charge is 0.233 e.